The topological polar surface area (TPSA) is 58.6 Å². The predicted molar refractivity (Wildman–Crippen MR) is 124 cm³/mol. The smallest absolute Gasteiger partial charge is 0.266 e. The van der Waals surface area contributed by atoms with Crippen molar-refractivity contribution in [1.29, 1.82) is 0 Å². The van der Waals surface area contributed by atoms with Crippen molar-refractivity contribution in [2.24, 2.45) is 5.92 Å². The molecule has 5 nitrogen and oxygen atoms in total. The molecule has 0 aromatic heterocycles. The van der Waals surface area contributed by atoms with Crippen LogP contribution in [0.5, 0.6) is 5.75 Å². The zero-order chi connectivity index (χ0) is 21.8. The molecule has 0 radical (unpaired) electrons. The van der Waals surface area contributed by atoms with Crippen LogP contribution in [0.25, 0.3) is 6.08 Å². The Labute approximate surface area is 195 Å². The molecule has 10 heteroatoms. The van der Waals surface area contributed by atoms with Crippen LogP contribution in [-0.2, 0) is 9.59 Å². The third-order valence-corrected chi connectivity index (χ3v) is 5.78. The van der Waals surface area contributed by atoms with E-state index in [-0.39, 0.29) is 24.2 Å². The molecule has 2 amide bonds. The fourth-order valence-corrected chi connectivity index (χ4v) is 4.14. The number of nitrogens with one attached hydrogen (secondary N) is 1. The van der Waals surface area contributed by atoms with Crippen LogP contribution in [0.2, 0.25) is 0 Å². The molecule has 1 atom stereocenters. The van der Waals surface area contributed by atoms with Crippen LogP contribution < -0.4 is 10.1 Å². The number of thioether (sulfide) groups is 1. The lowest BCUT2D eigenvalue weighted by Gasteiger charge is -2.26. The molecule has 0 aliphatic carbocycles. The molecule has 1 aromatic carbocycles. The Bertz CT molecular complexity index is 808. The lowest BCUT2D eigenvalue weighted by atomic mass is 10.1. The second-order valence-electron chi connectivity index (χ2n) is 6.70. The molecule has 1 aliphatic rings. The molecule has 1 saturated heterocycles. The SMILES string of the molecule is CCN1C(=O)/C(=C/c2ccc(OC(NC(=O)CC(C)C)C(Cl)(Cl)Cl)cc2)SC1=S. The molecule has 0 saturated carbocycles. The summed E-state index contributed by atoms with van der Waals surface area (Å²) >= 11 is 24.3. The van der Waals surface area contributed by atoms with Gasteiger partial charge >= 0.3 is 0 Å². The quantitative estimate of drug-likeness (QED) is 0.245. The van der Waals surface area contributed by atoms with Gasteiger partial charge in [-0.2, -0.15) is 0 Å². The van der Waals surface area contributed by atoms with Crippen molar-refractivity contribution in [2.75, 3.05) is 6.54 Å². The van der Waals surface area contributed by atoms with Crippen LogP contribution in [0, 0.1) is 5.92 Å². The molecule has 1 aliphatic heterocycles. The standard InChI is InChI=1S/C19H21Cl3N2O3S2/c1-4-24-16(26)14(29-18(24)28)10-12-5-7-13(8-6-12)27-17(19(20,21)22)23-15(25)9-11(2)3/h5-8,10-11,17H,4,9H2,1-3H3,(H,23,25)/b14-10-. The number of amides is 2. The normalized spacial score (nSPS) is 17.2. The van der Waals surface area contributed by atoms with Crippen molar-refractivity contribution in [1.82, 2.24) is 10.2 Å². The molecule has 0 bridgehead atoms. The summed E-state index contributed by atoms with van der Waals surface area (Å²) in [5.41, 5.74) is 0.795. The van der Waals surface area contributed by atoms with Gasteiger partial charge in [0.2, 0.25) is 15.9 Å². The number of carbonyl (C=O) groups is 2. The van der Waals surface area contributed by atoms with E-state index in [9.17, 15) is 9.59 Å². The zero-order valence-corrected chi connectivity index (χ0v) is 20.0. The number of nitrogens with zero attached hydrogens (tertiary/aromatic N) is 1. The van der Waals surface area contributed by atoms with Gasteiger partial charge in [0, 0.05) is 13.0 Å². The maximum Gasteiger partial charge on any atom is 0.266 e. The van der Waals surface area contributed by atoms with Gasteiger partial charge in [-0.15, -0.1) is 0 Å². The van der Waals surface area contributed by atoms with Gasteiger partial charge in [-0.3, -0.25) is 14.5 Å². The second kappa shape index (κ2) is 10.4. The molecule has 1 aromatic rings. The van der Waals surface area contributed by atoms with Crippen LogP contribution in [0.3, 0.4) is 0 Å². The highest BCUT2D eigenvalue weighted by atomic mass is 35.6. The predicted octanol–water partition coefficient (Wildman–Crippen LogP) is 5.15. The fourth-order valence-electron chi connectivity index (χ4n) is 2.46. The summed E-state index contributed by atoms with van der Waals surface area (Å²) in [7, 11) is 0. The number of likely N-dealkylation sites (N-methyl/N-ethyl adjacent to an activating group) is 1. The van der Waals surface area contributed by atoms with Crippen LogP contribution in [0.1, 0.15) is 32.8 Å². The molecular weight excluding hydrogens is 475 g/mol. The van der Waals surface area contributed by atoms with E-state index < -0.39 is 10.0 Å². The van der Waals surface area contributed by atoms with Gasteiger partial charge in [0.25, 0.3) is 5.91 Å². The largest absolute Gasteiger partial charge is 0.466 e. The van der Waals surface area contributed by atoms with Crippen molar-refractivity contribution >= 4 is 81.0 Å². The number of ether oxygens (including phenoxy) is 1. The van der Waals surface area contributed by atoms with Gasteiger partial charge in [-0.05, 0) is 36.6 Å². The summed E-state index contributed by atoms with van der Waals surface area (Å²) in [5.74, 6) is 0.188. The highest BCUT2D eigenvalue weighted by molar-refractivity contribution is 8.26. The molecule has 2 rings (SSSR count). The maximum atomic E-state index is 12.3. The Morgan fingerprint density at radius 3 is 2.41 bits per heavy atom. The van der Waals surface area contributed by atoms with E-state index in [1.54, 1.807) is 35.2 Å². The number of hydrogen-bond acceptors (Lipinski definition) is 5. The average molecular weight is 496 g/mol. The number of rotatable bonds is 7. The summed E-state index contributed by atoms with van der Waals surface area (Å²) in [4.78, 5) is 26.4. The molecule has 1 N–H and O–H groups in total. The van der Waals surface area contributed by atoms with Crippen molar-refractivity contribution in [3.05, 3.63) is 34.7 Å². The van der Waals surface area contributed by atoms with Crippen molar-refractivity contribution in [3.8, 4) is 5.75 Å². The van der Waals surface area contributed by atoms with Gasteiger partial charge in [0.05, 0.1) is 4.91 Å². The maximum absolute atomic E-state index is 12.3. The minimum absolute atomic E-state index is 0.105. The second-order valence-corrected chi connectivity index (χ2v) is 10.7. The highest BCUT2D eigenvalue weighted by Gasteiger charge is 2.36. The van der Waals surface area contributed by atoms with Gasteiger partial charge in [0.1, 0.15) is 10.1 Å². The Hall–Kier alpha value is -0.990. The zero-order valence-electron chi connectivity index (χ0n) is 16.1. The number of benzene rings is 1. The van der Waals surface area contributed by atoms with Crippen LogP contribution >= 0.6 is 58.8 Å². The Morgan fingerprint density at radius 1 is 1.31 bits per heavy atom. The number of thiocarbonyl (C=S) groups is 1. The molecule has 0 spiro atoms. The van der Waals surface area contributed by atoms with Crippen molar-refractivity contribution < 1.29 is 14.3 Å². The van der Waals surface area contributed by atoms with Gasteiger partial charge in [-0.1, -0.05) is 84.8 Å². The Morgan fingerprint density at radius 2 is 1.93 bits per heavy atom. The molecule has 158 valence electrons. The summed E-state index contributed by atoms with van der Waals surface area (Å²) in [5, 5.41) is 2.60. The first kappa shape index (κ1) is 24.3. The van der Waals surface area contributed by atoms with Crippen molar-refractivity contribution in [2.45, 2.75) is 37.2 Å². The fraction of sp³-hybridized carbons (Fsp3) is 0.421. The van der Waals surface area contributed by atoms with E-state index in [2.05, 4.69) is 5.32 Å². The van der Waals surface area contributed by atoms with Crippen LogP contribution in [-0.4, -0.2) is 37.6 Å². The molecule has 29 heavy (non-hydrogen) atoms. The molecular formula is C19H21Cl3N2O3S2. The average Bonchev–Trinajstić information content (AvgIpc) is 2.87. The minimum atomic E-state index is -1.85. The van der Waals surface area contributed by atoms with E-state index in [4.69, 9.17) is 51.8 Å². The van der Waals surface area contributed by atoms with Gasteiger partial charge in [0.15, 0.2) is 0 Å². The summed E-state index contributed by atoms with van der Waals surface area (Å²) in [6.07, 6.45) is 0.899. The molecule has 1 unspecified atom stereocenters. The first-order valence-electron chi connectivity index (χ1n) is 8.89. The first-order chi connectivity index (χ1) is 13.5. The van der Waals surface area contributed by atoms with E-state index in [0.717, 1.165) is 5.56 Å². The van der Waals surface area contributed by atoms with Gasteiger partial charge in [-0.25, -0.2) is 0 Å². The van der Waals surface area contributed by atoms with E-state index in [1.807, 2.05) is 20.8 Å². The van der Waals surface area contributed by atoms with Crippen LogP contribution in [0.15, 0.2) is 29.2 Å². The lowest BCUT2D eigenvalue weighted by molar-refractivity contribution is -0.124. The number of carbonyl (C=O) groups excluding carboxylic acids is 2. The Kier molecular flexibility index (Phi) is 8.67. The first-order valence-corrected chi connectivity index (χ1v) is 11.2. The third-order valence-electron chi connectivity index (χ3n) is 3.80. The minimum Gasteiger partial charge on any atom is -0.466 e. The summed E-state index contributed by atoms with van der Waals surface area (Å²) in [6, 6.07) is 6.87. The summed E-state index contributed by atoms with van der Waals surface area (Å²) < 4.78 is 4.38. The number of halogens is 3. The van der Waals surface area contributed by atoms with Crippen LogP contribution in [0.4, 0.5) is 0 Å². The van der Waals surface area contributed by atoms with E-state index >= 15 is 0 Å². The van der Waals surface area contributed by atoms with Crippen molar-refractivity contribution in [3.63, 3.8) is 0 Å². The third kappa shape index (κ3) is 7.03. The number of alkyl halides is 3. The lowest BCUT2D eigenvalue weighted by Crippen LogP contribution is -2.48. The monoisotopic (exact) mass is 494 g/mol. The van der Waals surface area contributed by atoms with E-state index in [1.165, 1.54) is 11.8 Å². The summed E-state index contributed by atoms with van der Waals surface area (Å²) in [6.45, 7) is 6.24. The number of hydrogen-bond donors (Lipinski definition) is 1. The van der Waals surface area contributed by atoms with Gasteiger partial charge < -0.3 is 10.1 Å². The Balaban J connectivity index is 2.10. The highest BCUT2D eigenvalue weighted by Crippen LogP contribution is 2.34. The van der Waals surface area contributed by atoms with E-state index in [0.29, 0.717) is 21.5 Å². The molecule has 1 heterocycles. The molecule has 1 fully saturated rings.